The van der Waals surface area contributed by atoms with Crippen LogP contribution < -0.4 is 0 Å². The zero-order chi connectivity index (χ0) is 13.2. The molecule has 104 valence electrons. The van der Waals surface area contributed by atoms with Crippen LogP contribution in [0.5, 0.6) is 0 Å². The Morgan fingerprint density at radius 1 is 1.11 bits per heavy atom. The van der Waals surface area contributed by atoms with Gasteiger partial charge in [0.1, 0.15) is 11.7 Å². The molecular weight excluding hydrogens is 232 g/mol. The predicted molar refractivity (Wildman–Crippen MR) is 68.1 cm³/mol. The summed E-state index contributed by atoms with van der Waals surface area (Å²) in [6.45, 7) is 8.97. The van der Waals surface area contributed by atoms with E-state index in [-0.39, 0.29) is 12.2 Å². The highest BCUT2D eigenvalue weighted by molar-refractivity contribution is 5.69. The lowest BCUT2D eigenvalue weighted by Gasteiger charge is -2.41. The quantitative estimate of drug-likeness (QED) is 0.758. The van der Waals surface area contributed by atoms with Gasteiger partial charge in [0, 0.05) is 13.1 Å². The lowest BCUT2D eigenvalue weighted by Crippen LogP contribution is -2.57. The molecule has 0 aromatic heterocycles. The van der Waals surface area contributed by atoms with Crippen LogP contribution in [0.15, 0.2) is 0 Å². The maximum absolute atomic E-state index is 11.7. The highest BCUT2D eigenvalue weighted by Crippen LogP contribution is 2.19. The van der Waals surface area contributed by atoms with E-state index in [1.807, 2.05) is 25.8 Å². The Morgan fingerprint density at radius 2 is 1.72 bits per heavy atom. The molecule has 2 aliphatic heterocycles. The van der Waals surface area contributed by atoms with Crippen LogP contribution in [-0.4, -0.2) is 53.9 Å². The zero-order valence-corrected chi connectivity index (χ0v) is 11.6. The first-order chi connectivity index (χ1) is 8.44. The molecule has 2 fully saturated rings. The lowest BCUT2D eigenvalue weighted by atomic mass is 10.1. The second kappa shape index (κ2) is 5.45. The van der Waals surface area contributed by atoms with E-state index >= 15 is 0 Å². The highest BCUT2D eigenvalue weighted by Gasteiger charge is 2.35. The fourth-order valence-electron chi connectivity index (χ4n) is 2.16. The molecule has 0 N–H and O–H groups in total. The summed E-state index contributed by atoms with van der Waals surface area (Å²) in [6.07, 6.45) is 3.64. The van der Waals surface area contributed by atoms with Crippen LogP contribution in [0, 0.1) is 0 Å². The van der Waals surface area contributed by atoms with Crippen molar-refractivity contribution in [3.63, 3.8) is 0 Å². The van der Waals surface area contributed by atoms with Gasteiger partial charge in [-0.1, -0.05) is 6.42 Å². The first-order valence-electron chi connectivity index (χ1n) is 6.84. The second-order valence-electron chi connectivity index (χ2n) is 6.10. The minimum absolute atomic E-state index is 0.149. The molecule has 0 saturated carbocycles. The molecule has 0 spiro atoms. The molecule has 0 bridgehead atoms. The third kappa shape index (κ3) is 3.85. The number of rotatable bonds is 2. The van der Waals surface area contributed by atoms with E-state index in [1.54, 1.807) is 4.90 Å². The van der Waals surface area contributed by atoms with Gasteiger partial charge in [-0.15, -0.1) is 0 Å². The van der Waals surface area contributed by atoms with Gasteiger partial charge in [0.15, 0.2) is 0 Å². The molecule has 18 heavy (non-hydrogen) atoms. The number of nitrogens with zero attached hydrogens (tertiary/aromatic N) is 2. The molecule has 0 atom stereocenters. The third-order valence-electron chi connectivity index (χ3n) is 3.11. The summed E-state index contributed by atoms with van der Waals surface area (Å²) in [5.41, 5.74) is -0.421. The van der Waals surface area contributed by atoms with E-state index in [0.29, 0.717) is 13.1 Å². The maximum Gasteiger partial charge on any atom is 0.410 e. The summed E-state index contributed by atoms with van der Waals surface area (Å²) >= 11 is 0. The molecule has 2 rings (SSSR count). The molecule has 0 radical (unpaired) electrons. The van der Waals surface area contributed by atoms with E-state index in [2.05, 4.69) is 0 Å². The average Bonchev–Trinajstić information content (AvgIpc) is 2.21. The van der Waals surface area contributed by atoms with Crippen molar-refractivity contribution in [2.24, 2.45) is 0 Å². The van der Waals surface area contributed by atoms with Crippen molar-refractivity contribution < 1.29 is 14.4 Å². The number of hydroxylamine groups is 2. The molecule has 0 unspecified atom stereocenters. The van der Waals surface area contributed by atoms with E-state index in [0.717, 1.165) is 13.1 Å². The standard InChI is InChI=1S/C13H24N2O3/c1-13(2,3)17-12(16)14-9-11(10-14)18-15-7-5-4-6-8-15/h11H,4-10H2,1-3H3. The first-order valence-corrected chi connectivity index (χ1v) is 6.84. The number of piperidine rings is 1. The van der Waals surface area contributed by atoms with Gasteiger partial charge in [-0.3, -0.25) is 4.84 Å². The fraction of sp³-hybridized carbons (Fsp3) is 0.923. The first kappa shape index (κ1) is 13.6. The summed E-state index contributed by atoms with van der Waals surface area (Å²) in [4.78, 5) is 19.2. The van der Waals surface area contributed by atoms with Crippen LogP contribution in [0.4, 0.5) is 4.79 Å². The van der Waals surface area contributed by atoms with E-state index in [1.165, 1.54) is 19.3 Å². The summed E-state index contributed by atoms with van der Waals surface area (Å²) in [5.74, 6) is 0. The van der Waals surface area contributed by atoms with Crippen molar-refractivity contribution in [2.45, 2.75) is 51.7 Å². The molecule has 5 heteroatoms. The van der Waals surface area contributed by atoms with E-state index < -0.39 is 5.60 Å². The van der Waals surface area contributed by atoms with Crippen molar-refractivity contribution in [3.8, 4) is 0 Å². The largest absolute Gasteiger partial charge is 0.444 e. The molecule has 2 saturated heterocycles. The Hall–Kier alpha value is -0.810. The van der Waals surface area contributed by atoms with Crippen LogP contribution in [0.1, 0.15) is 40.0 Å². The van der Waals surface area contributed by atoms with Crippen molar-refractivity contribution in [1.82, 2.24) is 9.96 Å². The fourth-order valence-corrected chi connectivity index (χ4v) is 2.16. The summed E-state index contributed by atoms with van der Waals surface area (Å²) in [6, 6.07) is 0. The van der Waals surface area contributed by atoms with Gasteiger partial charge in [0.25, 0.3) is 0 Å². The summed E-state index contributed by atoms with van der Waals surface area (Å²) in [7, 11) is 0. The monoisotopic (exact) mass is 256 g/mol. The predicted octanol–water partition coefficient (Wildman–Crippen LogP) is 2.02. The number of carbonyl (C=O) groups is 1. The van der Waals surface area contributed by atoms with Crippen LogP contribution in [0.25, 0.3) is 0 Å². The van der Waals surface area contributed by atoms with Gasteiger partial charge in [-0.2, -0.15) is 5.06 Å². The molecule has 2 aliphatic rings. The Morgan fingerprint density at radius 3 is 2.28 bits per heavy atom. The normalized spacial score (nSPS) is 22.7. The van der Waals surface area contributed by atoms with Gasteiger partial charge in [-0.25, -0.2) is 4.79 Å². The number of hydrogen-bond donors (Lipinski definition) is 0. The van der Waals surface area contributed by atoms with Crippen molar-refractivity contribution in [1.29, 1.82) is 0 Å². The molecule has 0 aromatic carbocycles. The molecule has 0 aliphatic carbocycles. The maximum atomic E-state index is 11.7. The molecule has 0 aromatic rings. The number of amides is 1. The molecule has 2 heterocycles. The Balaban J connectivity index is 1.65. The molecule has 1 amide bonds. The number of hydrogen-bond acceptors (Lipinski definition) is 4. The van der Waals surface area contributed by atoms with Crippen LogP contribution in [0.2, 0.25) is 0 Å². The number of carbonyl (C=O) groups excluding carboxylic acids is 1. The minimum Gasteiger partial charge on any atom is -0.444 e. The van der Waals surface area contributed by atoms with E-state index in [9.17, 15) is 4.79 Å². The Kier molecular flexibility index (Phi) is 4.12. The number of likely N-dealkylation sites (tertiary alicyclic amines) is 1. The summed E-state index contributed by atoms with van der Waals surface area (Å²) in [5, 5.41) is 2.04. The minimum atomic E-state index is -0.421. The van der Waals surface area contributed by atoms with Crippen LogP contribution in [-0.2, 0) is 9.57 Å². The van der Waals surface area contributed by atoms with Crippen molar-refractivity contribution in [2.75, 3.05) is 26.2 Å². The number of ether oxygens (including phenoxy) is 1. The Labute approximate surface area is 109 Å². The van der Waals surface area contributed by atoms with Gasteiger partial charge in [0.2, 0.25) is 0 Å². The molecular formula is C13H24N2O3. The van der Waals surface area contributed by atoms with E-state index in [4.69, 9.17) is 9.57 Å². The van der Waals surface area contributed by atoms with Crippen molar-refractivity contribution in [3.05, 3.63) is 0 Å². The van der Waals surface area contributed by atoms with Gasteiger partial charge >= 0.3 is 6.09 Å². The van der Waals surface area contributed by atoms with Gasteiger partial charge in [0.05, 0.1) is 13.1 Å². The molecule has 5 nitrogen and oxygen atoms in total. The second-order valence-corrected chi connectivity index (χ2v) is 6.10. The highest BCUT2D eigenvalue weighted by atomic mass is 16.7. The van der Waals surface area contributed by atoms with Gasteiger partial charge < -0.3 is 9.64 Å². The van der Waals surface area contributed by atoms with Crippen molar-refractivity contribution >= 4 is 6.09 Å². The van der Waals surface area contributed by atoms with Gasteiger partial charge in [-0.05, 0) is 33.6 Å². The topological polar surface area (TPSA) is 42.0 Å². The zero-order valence-electron chi connectivity index (χ0n) is 11.6. The van der Waals surface area contributed by atoms with Crippen LogP contribution in [0.3, 0.4) is 0 Å². The lowest BCUT2D eigenvalue weighted by molar-refractivity contribution is -0.233. The SMILES string of the molecule is CC(C)(C)OC(=O)N1CC(ON2CCCCC2)C1. The van der Waals surface area contributed by atoms with Crippen LogP contribution >= 0.6 is 0 Å². The smallest absolute Gasteiger partial charge is 0.410 e. The third-order valence-corrected chi connectivity index (χ3v) is 3.11. The average molecular weight is 256 g/mol. The summed E-state index contributed by atoms with van der Waals surface area (Å²) < 4.78 is 5.30. The Bertz CT molecular complexity index is 289.